The van der Waals surface area contributed by atoms with Crippen molar-refractivity contribution in [2.75, 3.05) is 0 Å². The van der Waals surface area contributed by atoms with Gasteiger partial charge in [-0.2, -0.15) is 0 Å². The molecule has 0 saturated heterocycles. The van der Waals surface area contributed by atoms with E-state index in [1.54, 1.807) is 11.3 Å². The van der Waals surface area contributed by atoms with Crippen molar-refractivity contribution in [3.63, 3.8) is 0 Å². The van der Waals surface area contributed by atoms with Crippen molar-refractivity contribution in [1.82, 2.24) is 10.3 Å². The van der Waals surface area contributed by atoms with Crippen LogP contribution in [0.15, 0.2) is 6.20 Å². The Morgan fingerprint density at radius 2 is 2.28 bits per heavy atom. The molecule has 0 amide bonds. The zero-order chi connectivity index (χ0) is 13.5. The van der Waals surface area contributed by atoms with Gasteiger partial charge in [-0.1, -0.05) is 27.2 Å². The van der Waals surface area contributed by atoms with E-state index in [4.69, 9.17) is 5.11 Å². The van der Waals surface area contributed by atoms with Crippen molar-refractivity contribution >= 4 is 17.3 Å². The zero-order valence-corrected chi connectivity index (χ0v) is 12.1. The van der Waals surface area contributed by atoms with Gasteiger partial charge in [0.05, 0.1) is 5.01 Å². The maximum atomic E-state index is 11.0. The van der Waals surface area contributed by atoms with Gasteiger partial charge in [-0.3, -0.25) is 10.1 Å². The van der Waals surface area contributed by atoms with Crippen LogP contribution in [0, 0.1) is 5.92 Å². The molecule has 0 aliphatic carbocycles. The van der Waals surface area contributed by atoms with Crippen molar-refractivity contribution in [2.24, 2.45) is 5.92 Å². The molecule has 0 radical (unpaired) electrons. The summed E-state index contributed by atoms with van der Waals surface area (Å²) in [5, 5.41) is 13.2. The quantitative estimate of drug-likeness (QED) is 0.762. The van der Waals surface area contributed by atoms with Crippen molar-refractivity contribution in [3.05, 3.63) is 16.1 Å². The Morgan fingerprint density at radius 1 is 1.56 bits per heavy atom. The first-order valence-corrected chi connectivity index (χ1v) is 7.24. The molecule has 1 unspecified atom stereocenters. The molecule has 1 rings (SSSR count). The van der Waals surface area contributed by atoms with Crippen LogP contribution in [-0.2, 0) is 17.8 Å². The summed E-state index contributed by atoms with van der Waals surface area (Å²) in [7, 11) is 0. The number of hydrogen-bond donors (Lipinski definition) is 2. The monoisotopic (exact) mass is 270 g/mol. The minimum atomic E-state index is -0.774. The Bertz CT molecular complexity index is 377. The van der Waals surface area contributed by atoms with Gasteiger partial charge in [0.25, 0.3) is 0 Å². The Balaban J connectivity index is 2.46. The number of hydrogen-bond acceptors (Lipinski definition) is 4. The summed E-state index contributed by atoms with van der Waals surface area (Å²) in [4.78, 5) is 16.4. The highest BCUT2D eigenvalue weighted by molar-refractivity contribution is 7.11. The molecule has 1 aromatic heterocycles. The lowest BCUT2D eigenvalue weighted by atomic mass is 10.1. The third-order valence-corrected chi connectivity index (χ3v) is 3.60. The SMILES string of the molecule is CCCC(NCc1cnc(CC(C)C)s1)C(=O)O. The predicted molar refractivity (Wildman–Crippen MR) is 73.8 cm³/mol. The van der Waals surface area contributed by atoms with Gasteiger partial charge in [-0.25, -0.2) is 4.98 Å². The molecular weight excluding hydrogens is 248 g/mol. The van der Waals surface area contributed by atoms with Crippen molar-refractivity contribution < 1.29 is 9.90 Å². The molecule has 0 fully saturated rings. The molecular formula is C13H22N2O2S. The highest BCUT2D eigenvalue weighted by Gasteiger charge is 2.15. The fraction of sp³-hybridized carbons (Fsp3) is 0.692. The highest BCUT2D eigenvalue weighted by atomic mass is 32.1. The molecule has 5 heteroatoms. The fourth-order valence-corrected chi connectivity index (χ4v) is 2.78. The normalized spacial score (nSPS) is 12.9. The standard InChI is InChI=1S/C13H22N2O2S/c1-4-5-11(13(16)17)14-7-10-8-15-12(18-10)6-9(2)3/h8-9,11,14H,4-7H2,1-3H3,(H,16,17). The van der Waals surface area contributed by atoms with Crippen LogP contribution in [0.5, 0.6) is 0 Å². The molecule has 18 heavy (non-hydrogen) atoms. The van der Waals surface area contributed by atoms with Gasteiger partial charge >= 0.3 is 5.97 Å². The maximum Gasteiger partial charge on any atom is 0.320 e. The second-order valence-corrected chi connectivity index (χ2v) is 6.08. The molecule has 0 saturated carbocycles. The number of carbonyl (C=O) groups is 1. The molecule has 1 aromatic rings. The first-order valence-electron chi connectivity index (χ1n) is 6.42. The molecule has 4 nitrogen and oxygen atoms in total. The molecule has 102 valence electrons. The van der Waals surface area contributed by atoms with Gasteiger partial charge in [0.15, 0.2) is 0 Å². The molecule has 0 aromatic carbocycles. The molecule has 0 bridgehead atoms. The Hall–Kier alpha value is -0.940. The summed E-state index contributed by atoms with van der Waals surface area (Å²) in [5.74, 6) is -0.174. The van der Waals surface area contributed by atoms with Crippen LogP contribution in [0.25, 0.3) is 0 Å². The lowest BCUT2D eigenvalue weighted by Gasteiger charge is -2.12. The summed E-state index contributed by atoms with van der Waals surface area (Å²) in [6.07, 6.45) is 4.36. The van der Waals surface area contributed by atoms with E-state index in [0.717, 1.165) is 22.7 Å². The van der Waals surface area contributed by atoms with Gasteiger partial charge in [-0.05, 0) is 12.3 Å². The summed E-state index contributed by atoms with van der Waals surface area (Å²) < 4.78 is 0. The van der Waals surface area contributed by atoms with Crippen molar-refractivity contribution in [1.29, 1.82) is 0 Å². The largest absolute Gasteiger partial charge is 0.480 e. The van der Waals surface area contributed by atoms with Crippen LogP contribution < -0.4 is 5.32 Å². The van der Waals surface area contributed by atoms with Crippen molar-refractivity contribution in [3.8, 4) is 0 Å². The molecule has 0 spiro atoms. The van der Waals surface area contributed by atoms with E-state index >= 15 is 0 Å². The topological polar surface area (TPSA) is 62.2 Å². The van der Waals surface area contributed by atoms with Gasteiger partial charge in [-0.15, -0.1) is 11.3 Å². The lowest BCUT2D eigenvalue weighted by Crippen LogP contribution is -2.35. The van der Waals surface area contributed by atoms with Gasteiger partial charge in [0.1, 0.15) is 6.04 Å². The van der Waals surface area contributed by atoms with Crippen LogP contribution in [0.2, 0.25) is 0 Å². The highest BCUT2D eigenvalue weighted by Crippen LogP contribution is 2.16. The summed E-state index contributed by atoms with van der Waals surface area (Å²) >= 11 is 1.67. The Kier molecular flexibility index (Phi) is 6.29. The van der Waals surface area contributed by atoms with E-state index in [0.29, 0.717) is 18.9 Å². The van der Waals surface area contributed by atoms with Gasteiger partial charge in [0, 0.05) is 24.0 Å². The molecule has 1 atom stereocenters. The number of aromatic nitrogens is 1. The molecule has 0 aliphatic rings. The minimum Gasteiger partial charge on any atom is -0.480 e. The molecule has 2 N–H and O–H groups in total. The average Bonchev–Trinajstić information content (AvgIpc) is 2.70. The van der Waals surface area contributed by atoms with Crippen LogP contribution in [0.3, 0.4) is 0 Å². The second kappa shape index (κ2) is 7.48. The number of thiazole rings is 1. The minimum absolute atomic E-state index is 0.453. The van der Waals surface area contributed by atoms with Gasteiger partial charge < -0.3 is 5.11 Å². The molecule has 0 aliphatic heterocycles. The number of rotatable bonds is 8. The van der Waals surface area contributed by atoms with Crippen LogP contribution in [0.4, 0.5) is 0 Å². The fourth-order valence-electron chi connectivity index (χ4n) is 1.70. The summed E-state index contributed by atoms with van der Waals surface area (Å²) in [5.41, 5.74) is 0. The van der Waals surface area contributed by atoms with Gasteiger partial charge in [0.2, 0.25) is 0 Å². The second-order valence-electron chi connectivity index (χ2n) is 4.88. The Morgan fingerprint density at radius 3 is 2.83 bits per heavy atom. The zero-order valence-electron chi connectivity index (χ0n) is 11.3. The Labute approximate surface area is 112 Å². The number of carboxylic acids is 1. The third kappa shape index (κ3) is 5.14. The number of aliphatic carboxylic acids is 1. The first kappa shape index (κ1) is 15.1. The van der Waals surface area contributed by atoms with Crippen molar-refractivity contribution in [2.45, 2.75) is 52.6 Å². The van der Waals surface area contributed by atoms with Crippen LogP contribution in [-0.4, -0.2) is 22.1 Å². The van der Waals surface area contributed by atoms with E-state index in [1.807, 2.05) is 13.1 Å². The van der Waals surface area contributed by atoms with Crippen LogP contribution >= 0.6 is 11.3 Å². The third-order valence-electron chi connectivity index (χ3n) is 2.58. The summed E-state index contributed by atoms with van der Waals surface area (Å²) in [6, 6.07) is -0.453. The van der Waals surface area contributed by atoms with E-state index in [9.17, 15) is 4.79 Å². The average molecular weight is 270 g/mol. The van der Waals surface area contributed by atoms with E-state index < -0.39 is 12.0 Å². The first-order chi connectivity index (χ1) is 8.52. The van der Waals surface area contributed by atoms with E-state index in [-0.39, 0.29) is 0 Å². The van der Waals surface area contributed by atoms with E-state index in [1.165, 1.54) is 0 Å². The smallest absolute Gasteiger partial charge is 0.320 e. The summed E-state index contributed by atoms with van der Waals surface area (Å²) in [6.45, 7) is 6.92. The van der Waals surface area contributed by atoms with E-state index in [2.05, 4.69) is 24.1 Å². The predicted octanol–water partition coefficient (Wildman–Crippen LogP) is 2.68. The molecule has 1 heterocycles. The number of nitrogens with one attached hydrogen (secondary N) is 1. The number of nitrogens with zero attached hydrogens (tertiary/aromatic N) is 1. The maximum absolute atomic E-state index is 11.0. The van der Waals surface area contributed by atoms with Crippen LogP contribution in [0.1, 0.15) is 43.5 Å². The lowest BCUT2D eigenvalue weighted by molar-refractivity contribution is -0.139. The number of carboxylic acid groups (broad SMARTS) is 1.